The highest BCUT2D eigenvalue weighted by Crippen LogP contribution is 2.27. The van der Waals surface area contributed by atoms with Gasteiger partial charge in [-0.15, -0.1) is 0 Å². The maximum atomic E-state index is 5.48. The number of piperazine rings is 1. The Balaban J connectivity index is 1.51. The van der Waals surface area contributed by atoms with E-state index in [1.54, 1.807) is 12.3 Å². The van der Waals surface area contributed by atoms with Crippen molar-refractivity contribution in [3.8, 4) is 5.88 Å². The fraction of sp³-hybridized carbons (Fsp3) is 0.333. The largest absolute Gasteiger partial charge is 0.478 e. The monoisotopic (exact) mass is 414 g/mol. The van der Waals surface area contributed by atoms with Crippen molar-refractivity contribution in [3.63, 3.8) is 0 Å². The van der Waals surface area contributed by atoms with Gasteiger partial charge in [-0.1, -0.05) is 0 Å². The molecule has 8 heteroatoms. The number of ether oxygens (including phenoxy) is 1. The average Bonchev–Trinajstić information content (AvgIpc) is 2.68. The molecule has 0 saturated carbocycles. The third-order valence-electron chi connectivity index (χ3n) is 4.34. The lowest BCUT2D eigenvalue weighted by Crippen LogP contribution is -2.47. The molecule has 3 aromatic rings. The van der Waals surface area contributed by atoms with E-state index in [-0.39, 0.29) is 0 Å². The molecular weight excluding hydrogens is 396 g/mol. The summed E-state index contributed by atoms with van der Waals surface area (Å²) in [7, 11) is 0. The van der Waals surface area contributed by atoms with Crippen LogP contribution in [0, 0.1) is 0 Å². The van der Waals surface area contributed by atoms with Crippen LogP contribution in [-0.4, -0.2) is 52.7 Å². The number of aromatic nitrogens is 4. The van der Waals surface area contributed by atoms with Gasteiger partial charge in [-0.05, 0) is 35.0 Å². The molecule has 0 amide bonds. The molecule has 134 valence electrons. The first kappa shape index (κ1) is 17.0. The summed E-state index contributed by atoms with van der Waals surface area (Å²) in [6.45, 7) is 5.98. The van der Waals surface area contributed by atoms with Gasteiger partial charge in [0.25, 0.3) is 0 Å². The van der Waals surface area contributed by atoms with Crippen molar-refractivity contribution >= 4 is 38.6 Å². The fourth-order valence-corrected chi connectivity index (χ4v) is 3.43. The van der Waals surface area contributed by atoms with Gasteiger partial charge in [0.15, 0.2) is 0 Å². The lowest BCUT2D eigenvalue weighted by Gasteiger charge is -2.36. The van der Waals surface area contributed by atoms with Gasteiger partial charge in [-0.3, -0.25) is 9.97 Å². The van der Waals surface area contributed by atoms with E-state index in [0.29, 0.717) is 12.5 Å². The van der Waals surface area contributed by atoms with Crippen molar-refractivity contribution < 1.29 is 4.74 Å². The average molecular weight is 415 g/mol. The maximum Gasteiger partial charge on any atom is 0.228 e. The Morgan fingerprint density at radius 1 is 1.04 bits per heavy atom. The molecule has 7 nitrogen and oxygen atoms in total. The number of halogens is 1. The molecular formula is C18H19BrN6O. The summed E-state index contributed by atoms with van der Waals surface area (Å²) in [5.41, 5.74) is 2.94. The van der Waals surface area contributed by atoms with Gasteiger partial charge >= 0.3 is 0 Å². The Hall–Kier alpha value is -2.48. The van der Waals surface area contributed by atoms with Crippen LogP contribution in [0.3, 0.4) is 0 Å². The van der Waals surface area contributed by atoms with Crippen molar-refractivity contribution in [1.29, 1.82) is 0 Å². The van der Waals surface area contributed by atoms with E-state index >= 15 is 0 Å². The minimum Gasteiger partial charge on any atom is -0.478 e. The van der Waals surface area contributed by atoms with Crippen LogP contribution >= 0.6 is 15.9 Å². The van der Waals surface area contributed by atoms with Gasteiger partial charge in [0.1, 0.15) is 5.52 Å². The first-order valence-corrected chi connectivity index (χ1v) is 9.40. The van der Waals surface area contributed by atoms with Crippen LogP contribution in [0.5, 0.6) is 5.88 Å². The van der Waals surface area contributed by atoms with Crippen LogP contribution in [0.4, 0.5) is 11.6 Å². The number of hydrogen-bond acceptors (Lipinski definition) is 7. The summed E-state index contributed by atoms with van der Waals surface area (Å²) in [5, 5.41) is 0. The molecule has 26 heavy (non-hydrogen) atoms. The first-order chi connectivity index (χ1) is 12.7. The summed E-state index contributed by atoms with van der Waals surface area (Å²) < 4.78 is 6.41. The Labute approximate surface area is 160 Å². The summed E-state index contributed by atoms with van der Waals surface area (Å²) in [5.74, 6) is 1.34. The molecule has 1 aliphatic rings. The molecule has 0 aliphatic carbocycles. The minimum absolute atomic E-state index is 0.600. The number of pyridine rings is 2. The third-order valence-corrected chi connectivity index (χ3v) is 4.77. The lowest BCUT2D eigenvalue weighted by molar-refractivity contribution is 0.326. The third kappa shape index (κ3) is 3.41. The van der Waals surface area contributed by atoms with E-state index in [1.165, 1.54) is 0 Å². The molecule has 0 spiro atoms. The number of hydrogen-bond donors (Lipinski definition) is 0. The molecule has 0 bridgehead atoms. The topological polar surface area (TPSA) is 67.3 Å². The van der Waals surface area contributed by atoms with Crippen LogP contribution in [-0.2, 0) is 0 Å². The maximum absolute atomic E-state index is 5.48. The number of anilines is 2. The zero-order valence-corrected chi connectivity index (χ0v) is 16.1. The molecule has 4 heterocycles. The SMILES string of the molecule is CCOc1ccnc(N2CCN(c3ccnc4cc(Br)cnc34)CC2)n1. The highest BCUT2D eigenvalue weighted by atomic mass is 79.9. The quantitative estimate of drug-likeness (QED) is 0.649. The Kier molecular flexibility index (Phi) is 4.83. The van der Waals surface area contributed by atoms with Gasteiger partial charge in [-0.25, -0.2) is 4.98 Å². The van der Waals surface area contributed by atoms with Gasteiger partial charge in [0, 0.05) is 55.3 Å². The van der Waals surface area contributed by atoms with E-state index in [4.69, 9.17) is 4.74 Å². The zero-order valence-electron chi connectivity index (χ0n) is 14.5. The second kappa shape index (κ2) is 7.41. The van der Waals surface area contributed by atoms with Crippen LogP contribution in [0.25, 0.3) is 11.0 Å². The summed E-state index contributed by atoms with van der Waals surface area (Å²) >= 11 is 3.46. The lowest BCUT2D eigenvalue weighted by atomic mass is 10.2. The van der Waals surface area contributed by atoms with Crippen LogP contribution in [0.1, 0.15) is 6.92 Å². The number of rotatable bonds is 4. The molecule has 3 aromatic heterocycles. The van der Waals surface area contributed by atoms with Gasteiger partial charge in [0.05, 0.1) is 17.8 Å². The van der Waals surface area contributed by atoms with E-state index in [2.05, 4.69) is 45.7 Å². The molecule has 0 aromatic carbocycles. The summed E-state index contributed by atoms with van der Waals surface area (Å²) in [6.07, 6.45) is 5.40. The smallest absolute Gasteiger partial charge is 0.228 e. The first-order valence-electron chi connectivity index (χ1n) is 8.60. The standard InChI is InChI=1S/C18H19BrN6O/c1-2-26-16-4-6-21-18(23-16)25-9-7-24(8-10-25)15-3-5-20-14-11-13(19)12-22-17(14)15/h3-6,11-12H,2,7-10H2,1H3. The van der Waals surface area contributed by atoms with Gasteiger partial charge in [0.2, 0.25) is 11.8 Å². The molecule has 0 atom stereocenters. The van der Waals surface area contributed by atoms with Crippen LogP contribution in [0.2, 0.25) is 0 Å². The van der Waals surface area contributed by atoms with E-state index < -0.39 is 0 Å². The Morgan fingerprint density at radius 2 is 1.81 bits per heavy atom. The summed E-state index contributed by atoms with van der Waals surface area (Å²) in [4.78, 5) is 22.4. The molecule has 1 fully saturated rings. The van der Waals surface area contributed by atoms with Crippen LogP contribution in [0.15, 0.2) is 41.3 Å². The predicted molar refractivity (Wildman–Crippen MR) is 105 cm³/mol. The number of nitrogens with zero attached hydrogens (tertiary/aromatic N) is 6. The van der Waals surface area contributed by atoms with Crippen molar-refractivity contribution in [3.05, 3.63) is 41.3 Å². The second-order valence-electron chi connectivity index (χ2n) is 5.95. The van der Waals surface area contributed by atoms with Crippen molar-refractivity contribution in [2.45, 2.75) is 6.92 Å². The molecule has 1 saturated heterocycles. The summed E-state index contributed by atoms with van der Waals surface area (Å²) in [6, 6.07) is 5.82. The molecule has 0 radical (unpaired) electrons. The van der Waals surface area contributed by atoms with Crippen molar-refractivity contribution in [2.75, 3.05) is 42.6 Å². The molecule has 0 N–H and O–H groups in total. The number of fused-ring (bicyclic) bond motifs is 1. The van der Waals surface area contributed by atoms with E-state index in [9.17, 15) is 0 Å². The van der Waals surface area contributed by atoms with E-state index in [1.807, 2.05) is 31.5 Å². The van der Waals surface area contributed by atoms with E-state index in [0.717, 1.165) is 53.3 Å². The minimum atomic E-state index is 0.600. The molecule has 4 rings (SSSR count). The molecule has 1 aliphatic heterocycles. The second-order valence-corrected chi connectivity index (χ2v) is 6.87. The normalized spacial score (nSPS) is 14.7. The van der Waals surface area contributed by atoms with Crippen LogP contribution < -0.4 is 14.5 Å². The Bertz CT molecular complexity index is 913. The zero-order chi connectivity index (χ0) is 17.9. The fourth-order valence-electron chi connectivity index (χ4n) is 3.11. The van der Waals surface area contributed by atoms with Crippen molar-refractivity contribution in [1.82, 2.24) is 19.9 Å². The predicted octanol–water partition coefficient (Wildman–Crippen LogP) is 2.91. The highest BCUT2D eigenvalue weighted by Gasteiger charge is 2.21. The van der Waals surface area contributed by atoms with Gasteiger partial charge < -0.3 is 14.5 Å². The molecule has 0 unspecified atom stereocenters. The Morgan fingerprint density at radius 3 is 2.62 bits per heavy atom. The highest BCUT2D eigenvalue weighted by molar-refractivity contribution is 9.10. The van der Waals surface area contributed by atoms with Crippen molar-refractivity contribution in [2.24, 2.45) is 0 Å². The van der Waals surface area contributed by atoms with Gasteiger partial charge in [-0.2, -0.15) is 4.98 Å².